The Balaban J connectivity index is 1.58. The van der Waals surface area contributed by atoms with Crippen LogP contribution in [0.5, 0.6) is 0 Å². The summed E-state index contributed by atoms with van der Waals surface area (Å²) in [4.78, 5) is 12.4. The van der Waals surface area contributed by atoms with Gasteiger partial charge in [-0.15, -0.1) is 5.10 Å². The fourth-order valence-electron chi connectivity index (χ4n) is 2.67. The molecular weight excluding hydrogens is 302 g/mol. The van der Waals surface area contributed by atoms with Gasteiger partial charge in [0.05, 0.1) is 6.04 Å². The standard InChI is InChI=1S/C18H17N5O/c1-12-4-2-6-14(10-12)18(24)19-15-7-3-5-13(11-15)17-20-21-22-23(17)16-8-9-16/h2-7,10-11,16H,8-9H2,1H3,(H,19,24). The van der Waals surface area contributed by atoms with E-state index in [2.05, 4.69) is 20.8 Å². The Hall–Kier alpha value is -3.02. The molecule has 0 radical (unpaired) electrons. The zero-order valence-corrected chi connectivity index (χ0v) is 13.3. The summed E-state index contributed by atoms with van der Waals surface area (Å²) in [6, 6.07) is 15.5. The molecule has 120 valence electrons. The Kier molecular flexibility index (Phi) is 3.57. The molecule has 0 saturated heterocycles. The van der Waals surface area contributed by atoms with Gasteiger partial charge >= 0.3 is 0 Å². The van der Waals surface area contributed by atoms with Gasteiger partial charge in [-0.25, -0.2) is 4.68 Å². The zero-order valence-electron chi connectivity index (χ0n) is 13.3. The lowest BCUT2D eigenvalue weighted by Crippen LogP contribution is -2.12. The average Bonchev–Trinajstić information content (AvgIpc) is 3.32. The lowest BCUT2D eigenvalue weighted by atomic mass is 10.1. The Bertz CT molecular complexity index is 898. The van der Waals surface area contributed by atoms with Gasteiger partial charge in [0.25, 0.3) is 5.91 Å². The SMILES string of the molecule is Cc1cccc(C(=O)Nc2cccc(-c3nnnn3C3CC3)c2)c1. The second kappa shape index (κ2) is 5.88. The Morgan fingerprint density at radius 3 is 2.79 bits per heavy atom. The molecule has 1 aliphatic rings. The first-order valence-electron chi connectivity index (χ1n) is 7.97. The highest BCUT2D eigenvalue weighted by atomic mass is 16.1. The van der Waals surface area contributed by atoms with E-state index < -0.39 is 0 Å². The van der Waals surface area contributed by atoms with Crippen molar-refractivity contribution >= 4 is 11.6 Å². The molecule has 0 bridgehead atoms. The number of benzene rings is 2. The van der Waals surface area contributed by atoms with Gasteiger partial charge < -0.3 is 5.32 Å². The summed E-state index contributed by atoms with van der Waals surface area (Å²) < 4.78 is 1.86. The highest BCUT2D eigenvalue weighted by Crippen LogP contribution is 2.36. The lowest BCUT2D eigenvalue weighted by molar-refractivity contribution is 0.102. The largest absolute Gasteiger partial charge is 0.322 e. The lowest BCUT2D eigenvalue weighted by Gasteiger charge is -2.08. The molecule has 24 heavy (non-hydrogen) atoms. The van der Waals surface area contributed by atoms with Crippen LogP contribution in [-0.2, 0) is 0 Å². The van der Waals surface area contributed by atoms with E-state index in [0.717, 1.165) is 35.5 Å². The maximum Gasteiger partial charge on any atom is 0.255 e. The molecule has 3 aromatic rings. The van der Waals surface area contributed by atoms with Crippen LogP contribution in [0.2, 0.25) is 0 Å². The molecule has 0 unspecified atom stereocenters. The monoisotopic (exact) mass is 319 g/mol. The molecule has 6 nitrogen and oxygen atoms in total. The molecule has 1 heterocycles. The van der Waals surface area contributed by atoms with Crippen molar-refractivity contribution in [2.45, 2.75) is 25.8 Å². The number of amides is 1. The molecule has 6 heteroatoms. The van der Waals surface area contributed by atoms with Gasteiger partial charge in [0.2, 0.25) is 0 Å². The molecule has 1 saturated carbocycles. The quantitative estimate of drug-likeness (QED) is 0.801. The summed E-state index contributed by atoms with van der Waals surface area (Å²) in [6.07, 6.45) is 2.23. The number of nitrogens with zero attached hydrogens (tertiary/aromatic N) is 4. The van der Waals surface area contributed by atoms with Gasteiger partial charge in [-0.05, 0) is 54.5 Å². The minimum atomic E-state index is -0.127. The molecule has 1 amide bonds. The Labute approximate surface area is 139 Å². The van der Waals surface area contributed by atoms with Crippen LogP contribution in [0.25, 0.3) is 11.4 Å². The molecule has 0 aliphatic heterocycles. The van der Waals surface area contributed by atoms with Crippen molar-refractivity contribution in [1.29, 1.82) is 0 Å². The first-order chi connectivity index (χ1) is 11.7. The van der Waals surface area contributed by atoms with E-state index in [0.29, 0.717) is 11.6 Å². The van der Waals surface area contributed by atoms with Crippen LogP contribution in [0, 0.1) is 6.92 Å². The average molecular weight is 319 g/mol. The number of tetrazole rings is 1. The van der Waals surface area contributed by atoms with Crippen molar-refractivity contribution in [3.63, 3.8) is 0 Å². The Morgan fingerprint density at radius 1 is 1.17 bits per heavy atom. The van der Waals surface area contributed by atoms with Gasteiger partial charge in [0.15, 0.2) is 5.82 Å². The summed E-state index contributed by atoms with van der Waals surface area (Å²) in [5.74, 6) is 0.613. The Morgan fingerprint density at radius 2 is 2.00 bits per heavy atom. The first-order valence-corrected chi connectivity index (χ1v) is 7.97. The van der Waals surface area contributed by atoms with Gasteiger partial charge in [0.1, 0.15) is 0 Å². The van der Waals surface area contributed by atoms with Crippen molar-refractivity contribution in [2.24, 2.45) is 0 Å². The first kappa shape index (κ1) is 14.6. The molecule has 1 fully saturated rings. The molecule has 1 aromatic heterocycles. The zero-order chi connectivity index (χ0) is 16.5. The van der Waals surface area contributed by atoms with Crippen molar-refractivity contribution < 1.29 is 4.79 Å². The van der Waals surface area contributed by atoms with E-state index >= 15 is 0 Å². The predicted octanol–water partition coefficient (Wildman–Crippen LogP) is 3.24. The van der Waals surface area contributed by atoms with Crippen LogP contribution >= 0.6 is 0 Å². The number of aryl methyl sites for hydroxylation is 1. The van der Waals surface area contributed by atoms with Crippen molar-refractivity contribution in [2.75, 3.05) is 5.32 Å². The van der Waals surface area contributed by atoms with Gasteiger partial charge in [-0.3, -0.25) is 4.79 Å². The summed E-state index contributed by atoms with van der Waals surface area (Å²) in [5, 5.41) is 14.9. The number of aromatic nitrogens is 4. The second-order valence-electron chi connectivity index (χ2n) is 6.08. The van der Waals surface area contributed by atoms with E-state index in [1.807, 2.05) is 54.1 Å². The van der Waals surface area contributed by atoms with Gasteiger partial charge in [-0.1, -0.05) is 29.8 Å². The molecule has 0 atom stereocenters. The molecule has 1 aliphatic carbocycles. The normalized spacial score (nSPS) is 13.7. The molecule has 2 aromatic carbocycles. The van der Waals surface area contributed by atoms with E-state index in [-0.39, 0.29) is 5.91 Å². The maximum atomic E-state index is 12.4. The molecular formula is C18H17N5O. The highest BCUT2D eigenvalue weighted by Gasteiger charge is 2.28. The van der Waals surface area contributed by atoms with Crippen molar-refractivity contribution in [3.05, 3.63) is 59.7 Å². The number of nitrogens with one attached hydrogen (secondary N) is 1. The van der Waals surface area contributed by atoms with Crippen LogP contribution in [0.15, 0.2) is 48.5 Å². The molecule has 1 N–H and O–H groups in total. The number of carbonyl (C=O) groups is 1. The predicted molar refractivity (Wildman–Crippen MR) is 90.7 cm³/mol. The maximum absolute atomic E-state index is 12.4. The highest BCUT2D eigenvalue weighted by molar-refractivity contribution is 6.04. The number of hydrogen-bond acceptors (Lipinski definition) is 4. The van der Waals surface area contributed by atoms with Crippen LogP contribution < -0.4 is 5.32 Å². The van der Waals surface area contributed by atoms with Crippen molar-refractivity contribution in [1.82, 2.24) is 20.2 Å². The topological polar surface area (TPSA) is 72.7 Å². The van der Waals surface area contributed by atoms with E-state index in [1.54, 1.807) is 6.07 Å². The number of carbonyl (C=O) groups excluding carboxylic acids is 1. The minimum absolute atomic E-state index is 0.127. The fourth-order valence-corrected chi connectivity index (χ4v) is 2.67. The fraction of sp³-hybridized carbons (Fsp3) is 0.222. The summed E-state index contributed by atoms with van der Waals surface area (Å²) in [7, 11) is 0. The van der Waals surface area contributed by atoms with Gasteiger partial charge in [0, 0.05) is 16.8 Å². The van der Waals surface area contributed by atoms with Crippen LogP contribution in [-0.4, -0.2) is 26.1 Å². The van der Waals surface area contributed by atoms with Crippen LogP contribution in [0.4, 0.5) is 5.69 Å². The smallest absolute Gasteiger partial charge is 0.255 e. The van der Waals surface area contributed by atoms with Gasteiger partial charge in [-0.2, -0.15) is 0 Å². The minimum Gasteiger partial charge on any atom is -0.322 e. The van der Waals surface area contributed by atoms with E-state index in [9.17, 15) is 4.79 Å². The summed E-state index contributed by atoms with van der Waals surface area (Å²) in [6.45, 7) is 1.97. The summed E-state index contributed by atoms with van der Waals surface area (Å²) >= 11 is 0. The summed E-state index contributed by atoms with van der Waals surface area (Å²) in [5.41, 5.74) is 3.32. The number of rotatable bonds is 4. The second-order valence-corrected chi connectivity index (χ2v) is 6.08. The molecule has 0 spiro atoms. The van der Waals surface area contributed by atoms with Crippen LogP contribution in [0.1, 0.15) is 34.8 Å². The third-order valence-corrected chi connectivity index (χ3v) is 4.04. The van der Waals surface area contributed by atoms with Crippen molar-refractivity contribution in [3.8, 4) is 11.4 Å². The third kappa shape index (κ3) is 2.90. The van der Waals surface area contributed by atoms with E-state index in [1.165, 1.54) is 0 Å². The van der Waals surface area contributed by atoms with E-state index in [4.69, 9.17) is 0 Å². The third-order valence-electron chi connectivity index (χ3n) is 4.04. The molecule has 4 rings (SSSR count). The number of anilines is 1. The number of hydrogen-bond donors (Lipinski definition) is 1. The van der Waals surface area contributed by atoms with Crippen LogP contribution in [0.3, 0.4) is 0 Å².